The van der Waals surface area contributed by atoms with Crippen LogP contribution in [0.5, 0.6) is 0 Å². The van der Waals surface area contributed by atoms with Gasteiger partial charge < -0.3 is 10.6 Å². The topological polar surface area (TPSA) is 62.2 Å². The summed E-state index contributed by atoms with van der Waals surface area (Å²) >= 11 is 0. The summed E-state index contributed by atoms with van der Waals surface area (Å²) in [4.78, 5) is 14.4. The number of hydrogen-bond acceptors (Lipinski definition) is 4. The molecule has 1 unspecified atom stereocenters. The van der Waals surface area contributed by atoms with Gasteiger partial charge in [0.05, 0.1) is 18.8 Å². The Kier molecular flexibility index (Phi) is 5.27. The summed E-state index contributed by atoms with van der Waals surface area (Å²) in [6.45, 7) is 5.23. The van der Waals surface area contributed by atoms with Gasteiger partial charge in [-0.3, -0.25) is 9.69 Å². The summed E-state index contributed by atoms with van der Waals surface area (Å²) in [6, 6.07) is 10.8. The molecule has 1 fully saturated rings. The first-order chi connectivity index (χ1) is 11.7. The van der Waals surface area contributed by atoms with Crippen molar-refractivity contribution in [2.45, 2.75) is 25.9 Å². The number of aromatic nitrogens is 2. The molecule has 1 aromatic carbocycles. The van der Waals surface area contributed by atoms with E-state index in [1.807, 2.05) is 23.9 Å². The lowest BCUT2D eigenvalue weighted by molar-refractivity contribution is -0.115. The molecule has 0 bridgehead atoms. The van der Waals surface area contributed by atoms with Gasteiger partial charge in [-0.1, -0.05) is 30.3 Å². The van der Waals surface area contributed by atoms with Crippen molar-refractivity contribution in [3.8, 4) is 0 Å². The lowest BCUT2D eigenvalue weighted by Gasteiger charge is -2.18. The van der Waals surface area contributed by atoms with Crippen LogP contribution in [0.25, 0.3) is 0 Å². The summed E-state index contributed by atoms with van der Waals surface area (Å²) in [7, 11) is 1.77. The Balaban J connectivity index is 1.66. The van der Waals surface area contributed by atoms with Crippen molar-refractivity contribution in [2.24, 2.45) is 0 Å². The molecule has 128 valence electrons. The highest BCUT2D eigenvalue weighted by atomic mass is 16.2. The van der Waals surface area contributed by atoms with E-state index in [0.717, 1.165) is 37.4 Å². The van der Waals surface area contributed by atoms with Gasteiger partial charge in [0.2, 0.25) is 5.91 Å². The molecule has 3 rings (SSSR count). The zero-order valence-corrected chi connectivity index (χ0v) is 14.3. The number of hydrogen-bond donors (Lipinski definition) is 2. The minimum atomic E-state index is -0.0403. The lowest BCUT2D eigenvalue weighted by Crippen LogP contribution is -2.28. The maximum Gasteiger partial charge on any atom is 0.239 e. The smallest absolute Gasteiger partial charge is 0.239 e. The molecule has 1 saturated heterocycles. The first-order valence-corrected chi connectivity index (χ1v) is 8.42. The van der Waals surface area contributed by atoms with Crippen molar-refractivity contribution in [1.82, 2.24) is 20.0 Å². The van der Waals surface area contributed by atoms with Crippen LogP contribution in [0.3, 0.4) is 0 Å². The average Bonchev–Trinajstić information content (AvgIpc) is 3.16. The van der Waals surface area contributed by atoms with Gasteiger partial charge in [0.25, 0.3) is 0 Å². The second-order valence-electron chi connectivity index (χ2n) is 6.36. The van der Waals surface area contributed by atoms with Crippen LogP contribution in [-0.4, -0.2) is 47.3 Å². The van der Waals surface area contributed by atoms with Crippen molar-refractivity contribution >= 4 is 11.7 Å². The van der Waals surface area contributed by atoms with Crippen LogP contribution in [0.1, 0.15) is 23.6 Å². The predicted molar refractivity (Wildman–Crippen MR) is 94.9 cm³/mol. The molecule has 2 heterocycles. The zero-order valence-electron chi connectivity index (χ0n) is 14.3. The number of anilines is 1. The van der Waals surface area contributed by atoms with Gasteiger partial charge in [-0.25, -0.2) is 4.68 Å². The minimum absolute atomic E-state index is 0.0403. The molecule has 2 aromatic rings. The minimum Gasteiger partial charge on any atom is -0.311 e. The Hall–Kier alpha value is -2.18. The Morgan fingerprint density at radius 3 is 2.88 bits per heavy atom. The van der Waals surface area contributed by atoms with Gasteiger partial charge in [0.15, 0.2) is 0 Å². The SMILES string of the molecule is CNCC(=O)Nc1c(C)cnn1C1CCN(Cc2ccccc2)C1. The van der Waals surface area contributed by atoms with E-state index in [0.29, 0.717) is 12.6 Å². The number of carbonyl (C=O) groups is 1. The number of likely N-dealkylation sites (N-methyl/N-ethyl adjacent to an activating group) is 1. The molecule has 0 radical (unpaired) electrons. The third-order valence-electron chi connectivity index (χ3n) is 4.42. The molecule has 1 amide bonds. The van der Waals surface area contributed by atoms with Gasteiger partial charge in [-0.05, 0) is 26.0 Å². The molecular formula is C18H25N5O. The molecule has 1 aliphatic rings. The molecule has 0 spiro atoms. The fraction of sp³-hybridized carbons (Fsp3) is 0.444. The van der Waals surface area contributed by atoms with E-state index in [4.69, 9.17) is 0 Å². The molecule has 1 aromatic heterocycles. The van der Waals surface area contributed by atoms with Crippen molar-refractivity contribution in [3.05, 3.63) is 47.7 Å². The fourth-order valence-electron chi connectivity index (χ4n) is 3.21. The summed E-state index contributed by atoms with van der Waals surface area (Å²) < 4.78 is 1.98. The van der Waals surface area contributed by atoms with E-state index in [1.54, 1.807) is 7.05 Å². The molecule has 6 heteroatoms. The number of amides is 1. The van der Waals surface area contributed by atoms with Crippen molar-refractivity contribution < 1.29 is 4.79 Å². The van der Waals surface area contributed by atoms with Gasteiger partial charge in [-0.2, -0.15) is 5.10 Å². The Morgan fingerprint density at radius 2 is 2.12 bits per heavy atom. The molecular weight excluding hydrogens is 302 g/mol. The van der Waals surface area contributed by atoms with Crippen LogP contribution in [0.4, 0.5) is 5.82 Å². The average molecular weight is 327 g/mol. The Bertz CT molecular complexity index is 682. The highest BCUT2D eigenvalue weighted by Gasteiger charge is 2.27. The quantitative estimate of drug-likeness (QED) is 0.849. The van der Waals surface area contributed by atoms with Crippen molar-refractivity contribution in [1.29, 1.82) is 0 Å². The maximum atomic E-state index is 11.9. The molecule has 6 nitrogen and oxygen atoms in total. The molecule has 1 aliphatic heterocycles. The first-order valence-electron chi connectivity index (χ1n) is 8.42. The number of nitrogens with one attached hydrogen (secondary N) is 2. The fourth-order valence-corrected chi connectivity index (χ4v) is 3.21. The van der Waals surface area contributed by atoms with E-state index in [9.17, 15) is 4.79 Å². The lowest BCUT2D eigenvalue weighted by atomic mass is 10.2. The van der Waals surface area contributed by atoms with Gasteiger partial charge in [0.1, 0.15) is 5.82 Å². The predicted octanol–water partition coefficient (Wildman–Crippen LogP) is 1.80. The molecule has 0 aliphatic carbocycles. The largest absolute Gasteiger partial charge is 0.311 e. The number of benzene rings is 1. The van der Waals surface area contributed by atoms with Gasteiger partial charge in [-0.15, -0.1) is 0 Å². The second kappa shape index (κ2) is 7.59. The number of rotatable bonds is 6. The normalized spacial score (nSPS) is 18.0. The summed E-state index contributed by atoms with van der Waals surface area (Å²) in [5.74, 6) is 0.781. The van der Waals surface area contributed by atoms with Gasteiger partial charge >= 0.3 is 0 Å². The molecule has 24 heavy (non-hydrogen) atoms. The van der Waals surface area contributed by atoms with Crippen LogP contribution in [-0.2, 0) is 11.3 Å². The third kappa shape index (κ3) is 3.83. The summed E-state index contributed by atoms with van der Waals surface area (Å²) in [5.41, 5.74) is 2.33. The highest BCUT2D eigenvalue weighted by Crippen LogP contribution is 2.27. The molecule has 2 N–H and O–H groups in total. The van der Waals surface area contributed by atoms with E-state index in [-0.39, 0.29) is 5.91 Å². The van der Waals surface area contributed by atoms with E-state index >= 15 is 0 Å². The van der Waals surface area contributed by atoms with E-state index in [1.165, 1.54) is 5.56 Å². The van der Waals surface area contributed by atoms with Crippen molar-refractivity contribution in [2.75, 3.05) is 32.0 Å². The van der Waals surface area contributed by atoms with E-state index < -0.39 is 0 Å². The molecule has 0 saturated carbocycles. The molecule has 1 atom stereocenters. The Morgan fingerprint density at radius 1 is 1.33 bits per heavy atom. The van der Waals surface area contributed by atoms with Crippen LogP contribution >= 0.6 is 0 Å². The van der Waals surface area contributed by atoms with E-state index in [2.05, 4.69) is 44.9 Å². The number of nitrogens with zero attached hydrogens (tertiary/aromatic N) is 3. The summed E-state index contributed by atoms with van der Waals surface area (Å²) in [5, 5.41) is 10.4. The first kappa shape index (κ1) is 16.7. The van der Waals surface area contributed by atoms with Crippen LogP contribution in [0, 0.1) is 6.92 Å². The number of likely N-dealkylation sites (tertiary alicyclic amines) is 1. The zero-order chi connectivity index (χ0) is 16.9. The maximum absolute atomic E-state index is 11.9. The highest BCUT2D eigenvalue weighted by molar-refractivity contribution is 5.92. The standard InChI is InChI=1S/C18H25N5O/c1-14-10-20-23(18(14)21-17(24)11-19-2)16-8-9-22(13-16)12-15-6-4-3-5-7-15/h3-7,10,16,19H,8-9,11-13H2,1-2H3,(H,21,24). The van der Waals surface area contributed by atoms with Crippen LogP contribution < -0.4 is 10.6 Å². The number of carbonyl (C=O) groups excluding carboxylic acids is 1. The van der Waals surface area contributed by atoms with Crippen LogP contribution in [0.15, 0.2) is 36.5 Å². The second-order valence-corrected chi connectivity index (χ2v) is 6.36. The van der Waals surface area contributed by atoms with Crippen molar-refractivity contribution in [3.63, 3.8) is 0 Å². The summed E-state index contributed by atoms with van der Waals surface area (Å²) in [6.07, 6.45) is 2.87. The van der Waals surface area contributed by atoms with Gasteiger partial charge in [0, 0.05) is 25.2 Å². The third-order valence-corrected chi connectivity index (χ3v) is 4.42. The Labute approximate surface area is 142 Å². The van der Waals surface area contributed by atoms with Crippen LogP contribution in [0.2, 0.25) is 0 Å². The number of aryl methyl sites for hydroxylation is 1. The monoisotopic (exact) mass is 327 g/mol.